The lowest BCUT2D eigenvalue weighted by molar-refractivity contribution is 0.0900. The van der Waals surface area contributed by atoms with Gasteiger partial charge in [-0.15, -0.1) is 0 Å². The van der Waals surface area contributed by atoms with Crippen LogP contribution in [0, 0.1) is 11.8 Å². The molecule has 1 aromatic carbocycles. The van der Waals surface area contributed by atoms with Gasteiger partial charge in [0.15, 0.2) is 0 Å². The maximum Gasteiger partial charge on any atom is 0.0820 e. The zero-order valence-corrected chi connectivity index (χ0v) is 11.7. The van der Waals surface area contributed by atoms with Gasteiger partial charge in [0.05, 0.1) is 6.10 Å². The van der Waals surface area contributed by atoms with Crippen LogP contribution in [0.5, 0.6) is 0 Å². The van der Waals surface area contributed by atoms with Gasteiger partial charge in [0, 0.05) is 0 Å². The summed E-state index contributed by atoms with van der Waals surface area (Å²) in [5, 5.41) is 10.5. The van der Waals surface area contributed by atoms with Crippen molar-refractivity contribution in [2.24, 2.45) is 11.8 Å². The summed E-state index contributed by atoms with van der Waals surface area (Å²) in [5.74, 6) is 1.13. The molecule has 1 heteroatoms. The van der Waals surface area contributed by atoms with Crippen LogP contribution in [0.15, 0.2) is 24.3 Å². The van der Waals surface area contributed by atoms with Crippen molar-refractivity contribution in [1.82, 2.24) is 0 Å². The highest BCUT2D eigenvalue weighted by Gasteiger charge is 2.30. The first-order chi connectivity index (χ1) is 8.72. The Balaban J connectivity index is 2.00. The average Bonchev–Trinajstić information content (AvgIpc) is 2.82. The molecule has 1 aromatic rings. The van der Waals surface area contributed by atoms with E-state index in [1.807, 2.05) is 0 Å². The molecule has 1 nitrogen and oxygen atoms in total. The van der Waals surface area contributed by atoms with Crippen molar-refractivity contribution >= 4 is 0 Å². The summed E-state index contributed by atoms with van der Waals surface area (Å²) in [6.07, 6.45) is 7.12. The SMILES string of the molecule is CCCCc1ccc(C(O)C2CCCC2C)cc1. The Morgan fingerprint density at radius 3 is 2.50 bits per heavy atom. The highest BCUT2D eigenvalue weighted by atomic mass is 16.3. The number of hydrogen-bond donors (Lipinski definition) is 1. The lowest BCUT2D eigenvalue weighted by Crippen LogP contribution is -2.15. The summed E-state index contributed by atoms with van der Waals surface area (Å²) in [4.78, 5) is 0. The fourth-order valence-electron chi connectivity index (χ4n) is 3.15. The summed E-state index contributed by atoms with van der Waals surface area (Å²) in [6, 6.07) is 8.63. The predicted octanol–water partition coefficient (Wildman–Crippen LogP) is 4.50. The van der Waals surface area contributed by atoms with Gasteiger partial charge in [0.25, 0.3) is 0 Å². The molecule has 100 valence electrons. The van der Waals surface area contributed by atoms with Crippen molar-refractivity contribution in [3.05, 3.63) is 35.4 Å². The molecule has 0 aliphatic heterocycles. The Bertz CT molecular complexity index is 354. The zero-order valence-electron chi connectivity index (χ0n) is 11.7. The number of aliphatic hydroxyl groups is 1. The van der Waals surface area contributed by atoms with Crippen LogP contribution in [-0.2, 0) is 6.42 Å². The van der Waals surface area contributed by atoms with Crippen LogP contribution < -0.4 is 0 Å². The topological polar surface area (TPSA) is 20.2 Å². The molecule has 1 saturated carbocycles. The summed E-state index contributed by atoms with van der Waals surface area (Å²) in [7, 11) is 0. The Hall–Kier alpha value is -0.820. The van der Waals surface area contributed by atoms with Gasteiger partial charge < -0.3 is 5.11 Å². The standard InChI is InChI=1S/C17H26O/c1-3-4-7-14-9-11-15(12-10-14)17(18)16-8-5-6-13(16)2/h9-13,16-18H,3-8H2,1-2H3. The quantitative estimate of drug-likeness (QED) is 0.811. The molecular formula is C17H26O. The fraction of sp³-hybridized carbons (Fsp3) is 0.647. The molecule has 1 N–H and O–H groups in total. The molecule has 0 spiro atoms. The average molecular weight is 246 g/mol. The van der Waals surface area contributed by atoms with Crippen LogP contribution in [0.1, 0.15) is 63.2 Å². The molecule has 1 aliphatic rings. The van der Waals surface area contributed by atoms with Crippen LogP contribution in [0.25, 0.3) is 0 Å². The molecule has 0 heterocycles. The maximum absolute atomic E-state index is 10.5. The lowest BCUT2D eigenvalue weighted by Gasteiger charge is -2.22. The van der Waals surface area contributed by atoms with Crippen LogP contribution in [0.4, 0.5) is 0 Å². The van der Waals surface area contributed by atoms with Gasteiger partial charge in [-0.25, -0.2) is 0 Å². The molecule has 1 fully saturated rings. The maximum atomic E-state index is 10.5. The Labute approximate surface area is 111 Å². The first kappa shape index (κ1) is 13.6. The molecule has 18 heavy (non-hydrogen) atoms. The summed E-state index contributed by atoms with van der Waals surface area (Å²) < 4.78 is 0. The first-order valence-electron chi connectivity index (χ1n) is 7.49. The molecule has 0 amide bonds. The van der Waals surface area contributed by atoms with E-state index in [0.717, 1.165) is 12.0 Å². The largest absolute Gasteiger partial charge is 0.388 e. The van der Waals surface area contributed by atoms with E-state index in [0.29, 0.717) is 11.8 Å². The van der Waals surface area contributed by atoms with E-state index >= 15 is 0 Å². The zero-order chi connectivity index (χ0) is 13.0. The number of aliphatic hydroxyl groups excluding tert-OH is 1. The van der Waals surface area contributed by atoms with Crippen LogP contribution in [0.3, 0.4) is 0 Å². The third-order valence-corrected chi connectivity index (χ3v) is 4.47. The van der Waals surface area contributed by atoms with E-state index in [9.17, 15) is 5.11 Å². The van der Waals surface area contributed by atoms with Gasteiger partial charge in [-0.3, -0.25) is 0 Å². The summed E-state index contributed by atoms with van der Waals surface area (Å²) in [6.45, 7) is 4.50. The van der Waals surface area contributed by atoms with Gasteiger partial charge in [0.2, 0.25) is 0 Å². The van der Waals surface area contributed by atoms with E-state index in [2.05, 4.69) is 38.1 Å². The molecule has 0 aromatic heterocycles. The number of benzene rings is 1. The van der Waals surface area contributed by atoms with Gasteiger partial charge in [0.1, 0.15) is 0 Å². The van der Waals surface area contributed by atoms with Crippen molar-refractivity contribution in [3.8, 4) is 0 Å². The molecule has 0 saturated heterocycles. The molecular weight excluding hydrogens is 220 g/mol. The van der Waals surface area contributed by atoms with Gasteiger partial charge in [-0.2, -0.15) is 0 Å². The second-order valence-corrected chi connectivity index (χ2v) is 5.86. The minimum Gasteiger partial charge on any atom is -0.388 e. The Kier molecular flexibility index (Phi) is 4.82. The van der Waals surface area contributed by atoms with Gasteiger partial charge in [-0.05, 0) is 42.2 Å². The minimum atomic E-state index is -0.261. The summed E-state index contributed by atoms with van der Waals surface area (Å²) >= 11 is 0. The fourth-order valence-corrected chi connectivity index (χ4v) is 3.15. The van der Waals surface area contributed by atoms with E-state index in [4.69, 9.17) is 0 Å². The third-order valence-electron chi connectivity index (χ3n) is 4.47. The van der Waals surface area contributed by atoms with Crippen LogP contribution >= 0.6 is 0 Å². The van der Waals surface area contributed by atoms with E-state index < -0.39 is 0 Å². The second-order valence-electron chi connectivity index (χ2n) is 5.86. The molecule has 3 atom stereocenters. The smallest absolute Gasteiger partial charge is 0.0820 e. The van der Waals surface area contributed by atoms with Crippen molar-refractivity contribution < 1.29 is 5.11 Å². The number of rotatable bonds is 5. The van der Waals surface area contributed by atoms with Crippen LogP contribution in [0.2, 0.25) is 0 Å². The van der Waals surface area contributed by atoms with Crippen molar-refractivity contribution in [2.75, 3.05) is 0 Å². The van der Waals surface area contributed by atoms with E-state index in [1.54, 1.807) is 0 Å². The number of hydrogen-bond acceptors (Lipinski definition) is 1. The molecule has 3 unspecified atom stereocenters. The normalized spacial score (nSPS) is 25.3. The summed E-state index contributed by atoms with van der Waals surface area (Å²) in [5.41, 5.74) is 2.50. The molecule has 0 radical (unpaired) electrons. The minimum absolute atomic E-state index is 0.261. The second kappa shape index (κ2) is 6.38. The Morgan fingerprint density at radius 1 is 1.22 bits per heavy atom. The monoisotopic (exact) mass is 246 g/mol. The highest BCUT2D eigenvalue weighted by Crippen LogP contribution is 2.39. The predicted molar refractivity (Wildman–Crippen MR) is 76.5 cm³/mol. The van der Waals surface area contributed by atoms with Crippen LogP contribution in [-0.4, -0.2) is 5.11 Å². The van der Waals surface area contributed by atoms with E-state index in [-0.39, 0.29) is 6.10 Å². The van der Waals surface area contributed by atoms with Crippen molar-refractivity contribution in [2.45, 2.75) is 58.5 Å². The molecule has 1 aliphatic carbocycles. The lowest BCUT2D eigenvalue weighted by atomic mass is 9.88. The van der Waals surface area contributed by atoms with Crippen molar-refractivity contribution in [3.63, 3.8) is 0 Å². The van der Waals surface area contributed by atoms with Gasteiger partial charge in [-0.1, -0.05) is 57.4 Å². The van der Waals surface area contributed by atoms with E-state index in [1.165, 1.54) is 37.7 Å². The molecule has 0 bridgehead atoms. The Morgan fingerprint density at radius 2 is 1.94 bits per heavy atom. The van der Waals surface area contributed by atoms with Gasteiger partial charge >= 0.3 is 0 Å². The highest BCUT2D eigenvalue weighted by molar-refractivity contribution is 5.25. The molecule has 2 rings (SSSR count). The van der Waals surface area contributed by atoms with Crippen molar-refractivity contribution in [1.29, 1.82) is 0 Å². The first-order valence-corrected chi connectivity index (χ1v) is 7.49. The number of unbranched alkanes of at least 4 members (excludes halogenated alkanes) is 1. The third kappa shape index (κ3) is 3.14. The number of aryl methyl sites for hydroxylation is 1.